The number of nitrogens with zero attached hydrogens (tertiary/aromatic N) is 4. The zero-order valence-electron chi connectivity index (χ0n) is 14.3. The maximum Gasteiger partial charge on any atom is 0.195 e. The van der Waals surface area contributed by atoms with Crippen LogP contribution in [0.4, 0.5) is 0 Å². The molecule has 0 aliphatic heterocycles. The maximum atomic E-state index is 11.8. The summed E-state index contributed by atoms with van der Waals surface area (Å²) in [6.07, 6.45) is 6.23. The first-order chi connectivity index (χ1) is 13.0. The van der Waals surface area contributed by atoms with E-state index in [4.69, 9.17) is 4.74 Å². The summed E-state index contributed by atoms with van der Waals surface area (Å²) >= 11 is 0. The molecule has 3 heterocycles. The fourth-order valence-corrected chi connectivity index (χ4v) is 3.27. The maximum absolute atomic E-state index is 11.8. The molecule has 8 nitrogen and oxygen atoms in total. The first-order valence-corrected chi connectivity index (χ1v) is 9.83. The molecule has 0 bridgehead atoms. The van der Waals surface area contributed by atoms with Gasteiger partial charge < -0.3 is 9.72 Å². The average Bonchev–Trinajstić information content (AvgIpc) is 3.12. The lowest BCUT2D eigenvalue weighted by atomic mass is 10.3. The first-order valence-electron chi connectivity index (χ1n) is 8.18. The lowest BCUT2D eigenvalue weighted by Crippen LogP contribution is -2.05. The van der Waals surface area contributed by atoms with Crippen LogP contribution in [0, 0.1) is 0 Å². The van der Waals surface area contributed by atoms with Gasteiger partial charge in [-0.1, -0.05) is 6.92 Å². The highest BCUT2D eigenvalue weighted by atomic mass is 32.2. The van der Waals surface area contributed by atoms with Crippen molar-refractivity contribution < 1.29 is 13.2 Å². The number of fused-ring (bicyclic) bond motifs is 1. The van der Waals surface area contributed by atoms with Gasteiger partial charge in [0.1, 0.15) is 17.2 Å². The van der Waals surface area contributed by atoms with Crippen molar-refractivity contribution in [2.75, 3.05) is 5.75 Å². The zero-order valence-corrected chi connectivity index (χ0v) is 15.1. The third-order valence-corrected chi connectivity index (χ3v) is 5.54. The summed E-state index contributed by atoms with van der Waals surface area (Å²) in [7, 11) is -3.33. The molecule has 136 valence electrons. The molecule has 0 saturated carbocycles. The number of ether oxygens (including phenoxy) is 1. The fourth-order valence-electron chi connectivity index (χ4n) is 2.49. The smallest absolute Gasteiger partial charge is 0.195 e. The van der Waals surface area contributed by atoms with Gasteiger partial charge in [0.05, 0.1) is 29.2 Å². The highest BCUT2D eigenvalue weighted by Crippen LogP contribution is 2.26. The minimum absolute atomic E-state index is 0.00478. The van der Waals surface area contributed by atoms with E-state index in [0.717, 1.165) is 11.0 Å². The molecule has 4 aromatic rings. The minimum atomic E-state index is -3.33. The van der Waals surface area contributed by atoms with E-state index < -0.39 is 9.84 Å². The van der Waals surface area contributed by atoms with Crippen LogP contribution in [-0.2, 0) is 9.84 Å². The van der Waals surface area contributed by atoms with Crippen LogP contribution in [0.3, 0.4) is 0 Å². The van der Waals surface area contributed by atoms with E-state index in [1.165, 1.54) is 12.3 Å². The third-order valence-electron chi connectivity index (χ3n) is 3.90. The van der Waals surface area contributed by atoms with Gasteiger partial charge in [-0.3, -0.25) is 4.98 Å². The topological polar surface area (TPSA) is 111 Å². The number of nitrogens with one attached hydrogen (secondary N) is 1. The quantitative estimate of drug-likeness (QED) is 0.566. The second-order valence-corrected chi connectivity index (χ2v) is 7.92. The predicted octanol–water partition coefficient (Wildman–Crippen LogP) is 3.00. The Labute approximate surface area is 155 Å². The molecular formula is C18H15N5O3S. The minimum Gasteiger partial charge on any atom is -0.456 e. The summed E-state index contributed by atoms with van der Waals surface area (Å²) in [5.41, 5.74) is 2.20. The van der Waals surface area contributed by atoms with Crippen molar-refractivity contribution in [1.82, 2.24) is 24.9 Å². The molecule has 0 saturated heterocycles. The van der Waals surface area contributed by atoms with E-state index in [1.54, 1.807) is 43.7 Å². The van der Waals surface area contributed by atoms with Crippen LogP contribution < -0.4 is 4.74 Å². The van der Waals surface area contributed by atoms with E-state index in [2.05, 4.69) is 24.9 Å². The van der Waals surface area contributed by atoms with Crippen molar-refractivity contribution in [3.8, 4) is 23.0 Å². The van der Waals surface area contributed by atoms with E-state index >= 15 is 0 Å². The van der Waals surface area contributed by atoms with Crippen LogP contribution >= 0.6 is 0 Å². The Kier molecular flexibility index (Phi) is 4.28. The lowest BCUT2D eigenvalue weighted by Gasteiger charge is -2.06. The molecule has 0 atom stereocenters. The second-order valence-electron chi connectivity index (χ2n) is 5.69. The number of hydrogen-bond donors (Lipinski definition) is 1. The van der Waals surface area contributed by atoms with E-state index in [9.17, 15) is 8.42 Å². The summed E-state index contributed by atoms with van der Waals surface area (Å²) in [4.78, 5) is 19.9. The van der Waals surface area contributed by atoms with Gasteiger partial charge in [0.15, 0.2) is 20.7 Å². The SMILES string of the molecule is CCS(=O)(=O)c1ccc(Oc2ccc3nc(-c4cnccn4)[nH]c3c2)cn1. The molecule has 0 spiro atoms. The molecule has 1 aromatic carbocycles. The average molecular weight is 381 g/mol. The predicted molar refractivity (Wildman–Crippen MR) is 99.2 cm³/mol. The number of pyridine rings is 1. The molecule has 0 unspecified atom stereocenters. The Balaban J connectivity index is 1.59. The van der Waals surface area contributed by atoms with Crippen LogP contribution in [0.2, 0.25) is 0 Å². The number of benzene rings is 1. The normalized spacial score (nSPS) is 11.6. The molecule has 0 radical (unpaired) electrons. The summed E-state index contributed by atoms with van der Waals surface area (Å²) in [6.45, 7) is 1.58. The Morgan fingerprint density at radius 1 is 1.04 bits per heavy atom. The third kappa shape index (κ3) is 3.49. The van der Waals surface area contributed by atoms with Crippen molar-refractivity contribution in [3.05, 3.63) is 55.1 Å². The van der Waals surface area contributed by atoms with Crippen LogP contribution in [0.5, 0.6) is 11.5 Å². The fraction of sp³-hybridized carbons (Fsp3) is 0.111. The zero-order chi connectivity index (χ0) is 18.9. The second kappa shape index (κ2) is 6.76. The Hall–Kier alpha value is -3.33. The van der Waals surface area contributed by atoms with Gasteiger partial charge >= 0.3 is 0 Å². The van der Waals surface area contributed by atoms with E-state index in [-0.39, 0.29) is 10.8 Å². The van der Waals surface area contributed by atoms with Gasteiger partial charge in [-0.05, 0) is 24.3 Å². The van der Waals surface area contributed by atoms with Crippen molar-refractivity contribution in [1.29, 1.82) is 0 Å². The summed E-state index contributed by atoms with van der Waals surface area (Å²) in [6, 6.07) is 8.43. The molecule has 0 aliphatic carbocycles. The van der Waals surface area contributed by atoms with Gasteiger partial charge in [0.25, 0.3) is 0 Å². The van der Waals surface area contributed by atoms with Crippen LogP contribution in [-0.4, -0.2) is 39.1 Å². The summed E-state index contributed by atoms with van der Waals surface area (Å²) in [5, 5.41) is 0.0370. The lowest BCUT2D eigenvalue weighted by molar-refractivity contribution is 0.479. The number of H-pyrrole nitrogens is 1. The molecule has 4 rings (SSSR count). The van der Waals surface area contributed by atoms with Gasteiger partial charge in [-0.2, -0.15) is 0 Å². The number of rotatable bonds is 5. The molecule has 1 N–H and O–H groups in total. The molecular weight excluding hydrogens is 366 g/mol. The Morgan fingerprint density at radius 3 is 2.59 bits per heavy atom. The number of aromatic amines is 1. The van der Waals surface area contributed by atoms with Gasteiger partial charge in [-0.25, -0.2) is 23.4 Å². The first kappa shape index (κ1) is 17.1. The highest BCUT2D eigenvalue weighted by molar-refractivity contribution is 7.91. The van der Waals surface area contributed by atoms with Crippen molar-refractivity contribution in [3.63, 3.8) is 0 Å². The van der Waals surface area contributed by atoms with Gasteiger partial charge in [-0.15, -0.1) is 0 Å². The molecule has 0 fully saturated rings. The van der Waals surface area contributed by atoms with Crippen molar-refractivity contribution in [2.45, 2.75) is 11.9 Å². The molecule has 0 aliphatic rings. The van der Waals surface area contributed by atoms with Crippen molar-refractivity contribution >= 4 is 20.9 Å². The van der Waals surface area contributed by atoms with Gasteiger partial charge in [0, 0.05) is 18.5 Å². The number of sulfone groups is 1. The number of aromatic nitrogens is 5. The van der Waals surface area contributed by atoms with Crippen LogP contribution in [0.15, 0.2) is 60.1 Å². The summed E-state index contributed by atoms with van der Waals surface area (Å²) in [5.74, 6) is 1.64. The molecule has 0 amide bonds. The van der Waals surface area contributed by atoms with Gasteiger partial charge in [0.2, 0.25) is 0 Å². The van der Waals surface area contributed by atoms with Crippen LogP contribution in [0.25, 0.3) is 22.6 Å². The Bertz CT molecular complexity index is 1190. The monoisotopic (exact) mass is 381 g/mol. The van der Waals surface area contributed by atoms with E-state index in [1.807, 2.05) is 6.07 Å². The number of imidazole rings is 1. The highest BCUT2D eigenvalue weighted by Gasteiger charge is 2.13. The largest absolute Gasteiger partial charge is 0.456 e. The molecule has 3 aromatic heterocycles. The van der Waals surface area contributed by atoms with Crippen molar-refractivity contribution in [2.24, 2.45) is 0 Å². The molecule has 9 heteroatoms. The molecule has 27 heavy (non-hydrogen) atoms. The van der Waals surface area contributed by atoms with E-state index in [0.29, 0.717) is 23.0 Å². The Morgan fingerprint density at radius 2 is 1.89 bits per heavy atom. The number of hydrogen-bond acceptors (Lipinski definition) is 7. The standard InChI is InChI=1S/C18H15N5O3S/c1-2-27(24,25)17-6-4-13(10-21-17)26-12-3-5-14-15(9-12)23-18(22-14)16-11-19-7-8-20-16/h3-11H,2H2,1H3,(H,22,23). The summed E-state index contributed by atoms with van der Waals surface area (Å²) < 4.78 is 29.4. The van der Waals surface area contributed by atoms with Crippen LogP contribution in [0.1, 0.15) is 6.92 Å².